The molecule has 0 saturated carbocycles. The molecule has 3 rings (SSSR count). The van der Waals surface area contributed by atoms with E-state index in [4.69, 9.17) is 0 Å². The van der Waals surface area contributed by atoms with Crippen LogP contribution >= 0.6 is 0 Å². The van der Waals surface area contributed by atoms with E-state index in [0.29, 0.717) is 30.6 Å². The summed E-state index contributed by atoms with van der Waals surface area (Å²) in [6.45, 7) is 3.04. The number of aromatic nitrogens is 2. The second-order valence-electron chi connectivity index (χ2n) is 7.48. The molecule has 0 bridgehead atoms. The van der Waals surface area contributed by atoms with Crippen LogP contribution < -0.4 is 10.0 Å². The molecule has 0 atom stereocenters. The zero-order valence-corrected chi connectivity index (χ0v) is 17.4. The number of nitrogens with one attached hydrogen (secondary N) is 2. The first-order valence-corrected chi connectivity index (χ1v) is 11.0. The topological polar surface area (TPSA) is 93.1 Å². The lowest BCUT2D eigenvalue weighted by molar-refractivity contribution is -0.142. The van der Waals surface area contributed by atoms with Gasteiger partial charge in [-0.1, -0.05) is 0 Å². The van der Waals surface area contributed by atoms with Gasteiger partial charge in [-0.25, -0.2) is 13.1 Å². The summed E-state index contributed by atoms with van der Waals surface area (Å²) >= 11 is 0. The predicted octanol–water partition coefficient (Wildman–Crippen LogP) is 3.11. The van der Waals surface area contributed by atoms with E-state index in [1.54, 1.807) is 13.8 Å². The minimum atomic E-state index is -4.56. The number of rotatable bonds is 6. The number of hydrogen-bond donors (Lipinski definition) is 2. The van der Waals surface area contributed by atoms with Crippen LogP contribution in [-0.4, -0.2) is 30.1 Å². The number of sulfonamides is 1. The molecule has 1 heterocycles. The van der Waals surface area contributed by atoms with Crippen LogP contribution in [0.25, 0.3) is 0 Å². The number of alkyl halides is 3. The van der Waals surface area contributed by atoms with Gasteiger partial charge in [-0.05, 0) is 63.8 Å². The summed E-state index contributed by atoms with van der Waals surface area (Å²) in [7, 11) is -3.66. The van der Waals surface area contributed by atoms with Gasteiger partial charge in [-0.3, -0.25) is 9.48 Å². The van der Waals surface area contributed by atoms with E-state index in [1.807, 2.05) is 0 Å². The Bertz CT molecular complexity index is 1030. The Labute approximate surface area is 172 Å². The number of carbonyl (C=O) groups excluding carboxylic acids is 1. The van der Waals surface area contributed by atoms with Crippen molar-refractivity contribution in [1.82, 2.24) is 14.5 Å². The summed E-state index contributed by atoms with van der Waals surface area (Å²) in [6.07, 6.45) is -2.41. The van der Waals surface area contributed by atoms with E-state index in [-0.39, 0.29) is 23.0 Å². The van der Waals surface area contributed by atoms with Crippen LogP contribution in [0, 0.1) is 0 Å². The second kappa shape index (κ2) is 8.38. The second-order valence-corrected chi connectivity index (χ2v) is 9.20. The van der Waals surface area contributed by atoms with E-state index in [2.05, 4.69) is 15.1 Å². The predicted molar refractivity (Wildman–Crippen MR) is 104 cm³/mol. The van der Waals surface area contributed by atoms with Gasteiger partial charge >= 0.3 is 6.18 Å². The highest BCUT2D eigenvalue weighted by atomic mass is 32.2. The highest BCUT2D eigenvalue weighted by molar-refractivity contribution is 7.89. The average molecular weight is 444 g/mol. The van der Waals surface area contributed by atoms with E-state index >= 15 is 0 Å². The lowest BCUT2D eigenvalue weighted by Crippen LogP contribution is -2.30. The minimum absolute atomic E-state index is 0.0464. The zero-order valence-electron chi connectivity index (χ0n) is 16.6. The summed E-state index contributed by atoms with van der Waals surface area (Å²) in [6, 6.07) is 5.27. The lowest BCUT2D eigenvalue weighted by atomic mass is 9.95. The van der Waals surface area contributed by atoms with Crippen molar-refractivity contribution in [2.75, 3.05) is 5.32 Å². The Morgan fingerprint density at radius 1 is 1.17 bits per heavy atom. The molecule has 30 heavy (non-hydrogen) atoms. The number of carbonyl (C=O) groups is 1. The maximum Gasteiger partial charge on any atom is 0.435 e. The third-order valence-corrected chi connectivity index (χ3v) is 6.33. The first-order valence-electron chi connectivity index (χ1n) is 9.55. The Kier molecular flexibility index (Phi) is 6.23. The largest absolute Gasteiger partial charge is 0.435 e. The van der Waals surface area contributed by atoms with Gasteiger partial charge in [-0.2, -0.15) is 18.3 Å². The van der Waals surface area contributed by atoms with Crippen molar-refractivity contribution in [3.63, 3.8) is 0 Å². The molecule has 1 amide bonds. The molecule has 0 saturated heterocycles. The summed E-state index contributed by atoms with van der Waals surface area (Å²) < 4.78 is 67.6. The molecule has 11 heteroatoms. The summed E-state index contributed by atoms with van der Waals surface area (Å²) in [5, 5.41) is 6.23. The van der Waals surface area contributed by atoms with Gasteiger partial charge in [0, 0.05) is 23.0 Å². The SMILES string of the molecule is CC(C)NS(=O)(=O)c1ccc(NC(=O)Cn2nc(C(F)(F)F)c3c2CCCC3)cc1. The van der Waals surface area contributed by atoms with Crippen molar-refractivity contribution >= 4 is 21.6 Å². The summed E-state index contributed by atoms with van der Waals surface area (Å²) in [5.74, 6) is -0.546. The van der Waals surface area contributed by atoms with E-state index in [1.165, 1.54) is 24.3 Å². The van der Waals surface area contributed by atoms with Crippen LogP contribution in [0.4, 0.5) is 18.9 Å². The van der Waals surface area contributed by atoms with Gasteiger partial charge in [0.15, 0.2) is 5.69 Å². The molecule has 0 fully saturated rings. The first kappa shape index (κ1) is 22.3. The standard InChI is InChI=1S/C19H23F3N4O3S/c1-12(2)25-30(28,29)14-9-7-13(8-10-14)23-17(27)11-26-16-6-4-3-5-15(16)18(24-26)19(20,21)22/h7-10,12,25H,3-6,11H2,1-2H3,(H,23,27). The van der Waals surface area contributed by atoms with Crippen molar-refractivity contribution in [3.8, 4) is 0 Å². The molecule has 2 aromatic rings. The number of amides is 1. The molecule has 0 unspecified atom stereocenters. The van der Waals surface area contributed by atoms with E-state index in [9.17, 15) is 26.4 Å². The number of benzene rings is 1. The molecule has 164 valence electrons. The van der Waals surface area contributed by atoms with Gasteiger partial charge < -0.3 is 5.32 Å². The fraction of sp³-hybridized carbons (Fsp3) is 0.474. The molecule has 0 radical (unpaired) electrons. The number of fused-ring (bicyclic) bond motifs is 1. The number of nitrogens with zero attached hydrogens (tertiary/aromatic N) is 2. The van der Waals surface area contributed by atoms with Crippen LogP contribution in [0.5, 0.6) is 0 Å². The Morgan fingerprint density at radius 2 is 1.80 bits per heavy atom. The average Bonchev–Trinajstić information content (AvgIpc) is 3.00. The van der Waals surface area contributed by atoms with Crippen LogP contribution in [0.2, 0.25) is 0 Å². The van der Waals surface area contributed by atoms with Crippen molar-refractivity contribution in [2.24, 2.45) is 0 Å². The van der Waals surface area contributed by atoms with Crippen LogP contribution in [0.1, 0.15) is 43.6 Å². The number of halogens is 3. The first-order chi connectivity index (χ1) is 14.0. The number of anilines is 1. The molecule has 1 aromatic heterocycles. The third-order valence-electron chi connectivity index (χ3n) is 4.66. The maximum absolute atomic E-state index is 13.3. The number of hydrogen-bond acceptors (Lipinski definition) is 4. The van der Waals surface area contributed by atoms with Gasteiger partial charge in [0.25, 0.3) is 0 Å². The van der Waals surface area contributed by atoms with Gasteiger partial charge in [0.2, 0.25) is 15.9 Å². The van der Waals surface area contributed by atoms with Crippen molar-refractivity contribution < 1.29 is 26.4 Å². The third kappa shape index (κ3) is 5.01. The highest BCUT2D eigenvalue weighted by Crippen LogP contribution is 2.35. The zero-order chi connectivity index (χ0) is 22.1. The monoisotopic (exact) mass is 444 g/mol. The van der Waals surface area contributed by atoms with Gasteiger partial charge in [-0.15, -0.1) is 0 Å². The van der Waals surface area contributed by atoms with Crippen LogP contribution in [0.3, 0.4) is 0 Å². The maximum atomic E-state index is 13.3. The molecule has 1 aromatic carbocycles. The quantitative estimate of drug-likeness (QED) is 0.716. The molecular weight excluding hydrogens is 421 g/mol. The minimum Gasteiger partial charge on any atom is -0.324 e. The molecule has 2 N–H and O–H groups in total. The fourth-order valence-corrected chi connectivity index (χ4v) is 4.71. The fourth-order valence-electron chi connectivity index (χ4n) is 3.46. The molecule has 0 aliphatic heterocycles. The van der Waals surface area contributed by atoms with E-state index in [0.717, 1.165) is 11.1 Å². The smallest absolute Gasteiger partial charge is 0.324 e. The Hall–Kier alpha value is -2.40. The van der Waals surface area contributed by atoms with E-state index < -0.39 is 27.8 Å². The Balaban J connectivity index is 1.73. The van der Waals surface area contributed by atoms with Crippen LogP contribution in [-0.2, 0) is 40.4 Å². The molecule has 0 spiro atoms. The van der Waals surface area contributed by atoms with Gasteiger partial charge in [0.1, 0.15) is 6.54 Å². The molecule has 1 aliphatic rings. The molecular formula is C19H23F3N4O3S. The van der Waals surface area contributed by atoms with Crippen molar-refractivity contribution in [3.05, 3.63) is 41.2 Å². The normalized spacial score (nSPS) is 14.6. The van der Waals surface area contributed by atoms with Crippen LogP contribution in [0.15, 0.2) is 29.2 Å². The molecule has 7 nitrogen and oxygen atoms in total. The van der Waals surface area contributed by atoms with Crippen molar-refractivity contribution in [2.45, 2.75) is 63.2 Å². The lowest BCUT2D eigenvalue weighted by Gasteiger charge is -2.14. The molecule has 1 aliphatic carbocycles. The Morgan fingerprint density at radius 3 is 2.40 bits per heavy atom. The summed E-state index contributed by atoms with van der Waals surface area (Å²) in [5.41, 5.74) is 0.0384. The highest BCUT2D eigenvalue weighted by Gasteiger charge is 2.39. The van der Waals surface area contributed by atoms with Gasteiger partial charge in [0.05, 0.1) is 4.90 Å². The van der Waals surface area contributed by atoms with Crippen molar-refractivity contribution in [1.29, 1.82) is 0 Å². The summed E-state index contributed by atoms with van der Waals surface area (Å²) in [4.78, 5) is 12.4.